The summed E-state index contributed by atoms with van der Waals surface area (Å²) in [5.74, 6) is 0.977. The van der Waals surface area contributed by atoms with Gasteiger partial charge in [-0.2, -0.15) is 0 Å². The molecule has 26 heavy (non-hydrogen) atoms. The van der Waals surface area contributed by atoms with Crippen molar-refractivity contribution in [2.24, 2.45) is 0 Å². The molecule has 3 rings (SSSR count). The van der Waals surface area contributed by atoms with Gasteiger partial charge < -0.3 is 14.7 Å². The number of halogens is 1. The highest BCUT2D eigenvalue weighted by molar-refractivity contribution is 9.08. The molecule has 1 saturated carbocycles. The highest BCUT2D eigenvalue weighted by Crippen LogP contribution is 2.41. The first kappa shape index (κ1) is 21.4. The fraction of sp³-hybridized carbons (Fsp3) is 0.667. The van der Waals surface area contributed by atoms with E-state index in [2.05, 4.69) is 27.9 Å². The monoisotopic (exact) mass is 425 g/mol. The molecule has 2 fully saturated rings. The van der Waals surface area contributed by atoms with Gasteiger partial charge in [-0.1, -0.05) is 65.5 Å². The van der Waals surface area contributed by atoms with Gasteiger partial charge in [0.15, 0.2) is 0 Å². The van der Waals surface area contributed by atoms with Crippen LogP contribution in [0, 0.1) is 0 Å². The third-order valence-electron chi connectivity index (χ3n) is 5.49. The Labute approximate surface area is 166 Å². The van der Waals surface area contributed by atoms with Crippen LogP contribution in [0.3, 0.4) is 0 Å². The van der Waals surface area contributed by atoms with Crippen molar-refractivity contribution in [2.75, 3.05) is 26.0 Å². The van der Waals surface area contributed by atoms with Crippen LogP contribution in [0.25, 0.3) is 0 Å². The lowest BCUT2D eigenvalue weighted by Crippen LogP contribution is -2.45. The molecule has 1 aliphatic heterocycles. The summed E-state index contributed by atoms with van der Waals surface area (Å²) in [6.45, 7) is 1.84. The van der Waals surface area contributed by atoms with Gasteiger partial charge in [0.2, 0.25) is 0 Å². The van der Waals surface area contributed by atoms with E-state index in [0.29, 0.717) is 12.8 Å². The standard InChI is InChI=1S/C20H29NO3.CH3Br/c1-21-14-8-11-17(15-21)24-19(22)18(16-9-4-2-5-10-16)20(23)12-6-3-7-13-20;1-2/h2,4-5,9-10,17-18,23H,3,6-8,11-15H2,1H3;1H3. The number of rotatable bonds is 4. The number of nitrogens with zero attached hydrogens (tertiary/aromatic N) is 1. The van der Waals surface area contributed by atoms with Gasteiger partial charge in [-0.25, -0.2) is 0 Å². The zero-order chi connectivity index (χ0) is 19.0. The average Bonchev–Trinajstić information content (AvgIpc) is 2.65. The summed E-state index contributed by atoms with van der Waals surface area (Å²) in [7, 11) is 2.06. The number of likely N-dealkylation sites (N-methyl/N-ethyl adjacent to an activating group) is 1. The van der Waals surface area contributed by atoms with Gasteiger partial charge in [0.1, 0.15) is 12.0 Å². The van der Waals surface area contributed by atoms with Crippen molar-refractivity contribution in [3.63, 3.8) is 0 Å². The lowest BCUT2D eigenvalue weighted by molar-refractivity contribution is -0.162. The minimum absolute atomic E-state index is 0.0605. The van der Waals surface area contributed by atoms with E-state index in [4.69, 9.17) is 4.74 Å². The number of benzene rings is 1. The molecule has 146 valence electrons. The van der Waals surface area contributed by atoms with Crippen LogP contribution in [0.5, 0.6) is 0 Å². The number of alkyl halides is 1. The highest BCUT2D eigenvalue weighted by atomic mass is 79.9. The van der Waals surface area contributed by atoms with Crippen LogP contribution in [0.15, 0.2) is 30.3 Å². The number of likely N-dealkylation sites (tertiary alicyclic amines) is 1. The van der Waals surface area contributed by atoms with Gasteiger partial charge >= 0.3 is 5.97 Å². The maximum Gasteiger partial charge on any atom is 0.316 e. The minimum Gasteiger partial charge on any atom is -0.460 e. The van der Waals surface area contributed by atoms with E-state index in [1.165, 1.54) is 0 Å². The second kappa shape index (κ2) is 10.4. The van der Waals surface area contributed by atoms with Crippen LogP contribution in [0.2, 0.25) is 0 Å². The predicted molar refractivity (Wildman–Crippen MR) is 109 cm³/mol. The molecule has 4 nitrogen and oxygen atoms in total. The highest BCUT2D eigenvalue weighted by Gasteiger charge is 2.44. The first-order valence-electron chi connectivity index (χ1n) is 9.63. The number of esters is 1. The molecule has 1 heterocycles. The normalized spacial score (nSPS) is 24.1. The van der Waals surface area contributed by atoms with Crippen molar-refractivity contribution >= 4 is 21.9 Å². The molecule has 0 amide bonds. The lowest BCUT2D eigenvalue weighted by atomic mass is 9.73. The van der Waals surface area contributed by atoms with Crippen molar-refractivity contribution in [1.29, 1.82) is 0 Å². The SMILES string of the molecule is CBr.CN1CCCC(OC(=O)C(c2ccccc2)C2(O)CCCCC2)C1. The van der Waals surface area contributed by atoms with Gasteiger partial charge in [-0.3, -0.25) is 4.79 Å². The molecule has 0 spiro atoms. The van der Waals surface area contributed by atoms with Gasteiger partial charge in [-0.15, -0.1) is 0 Å². The molecule has 1 aliphatic carbocycles. The number of ether oxygens (including phenoxy) is 1. The molecule has 1 aromatic rings. The molecule has 2 unspecified atom stereocenters. The molecule has 0 aromatic heterocycles. The van der Waals surface area contributed by atoms with Crippen molar-refractivity contribution in [3.8, 4) is 0 Å². The van der Waals surface area contributed by atoms with Crippen LogP contribution in [0.4, 0.5) is 0 Å². The van der Waals surface area contributed by atoms with E-state index in [1.807, 2.05) is 36.2 Å². The molecule has 2 aliphatic rings. The first-order chi connectivity index (χ1) is 12.6. The van der Waals surface area contributed by atoms with Crippen LogP contribution in [-0.4, -0.2) is 53.7 Å². The quantitative estimate of drug-likeness (QED) is 0.582. The minimum atomic E-state index is -0.975. The van der Waals surface area contributed by atoms with Crippen molar-refractivity contribution in [2.45, 2.75) is 62.6 Å². The number of hydrogen-bond donors (Lipinski definition) is 1. The summed E-state index contributed by atoms with van der Waals surface area (Å²) in [6, 6.07) is 9.66. The van der Waals surface area contributed by atoms with Crippen LogP contribution in [0.1, 0.15) is 56.4 Å². The molecule has 2 atom stereocenters. The zero-order valence-electron chi connectivity index (χ0n) is 16.0. The molecule has 5 heteroatoms. The van der Waals surface area contributed by atoms with E-state index >= 15 is 0 Å². The molecular weight excluding hydrogens is 394 g/mol. The second-order valence-electron chi connectivity index (χ2n) is 7.47. The molecule has 1 aromatic carbocycles. The molecule has 0 bridgehead atoms. The topological polar surface area (TPSA) is 49.8 Å². The first-order valence-corrected chi connectivity index (χ1v) is 11.2. The summed E-state index contributed by atoms with van der Waals surface area (Å²) in [6.07, 6.45) is 6.32. The average molecular weight is 426 g/mol. The number of aliphatic hydroxyl groups is 1. The number of carbonyl (C=O) groups excluding carboxylic acids is 1. The van der Waals surface area contributed by atoms with Crippen LogP contribution in [-0.2, 0) is 9.53 Å². The van der Waals surface area contributed by atoms with Gasteiger partial charge in [0.05, 0.1) is 5.60 Å². The number of carbonyl (C=O) groups is 1. The molecule has 1 N–H and O–H groups in total. The van der Waals surface area contributed by atoms with Crippen molar-refractivity contribution in [1.82, 2.24) is 4.90 Å². The summed E-state index contributed by atoms with van der Waals surface area (Å²) in [4.78, 5) is 15.2. The lowest BCUT2D eigenvalue weighted by Gasteiger charge is -2.39. The largest absolute Gasteiger partial charge is 0.460 e. The van der Waals surface area contributed by atoms with E-state index in [1.54, 1.807) is 0 Å². The fourth-order valence-corrected chi connectivity index (χ4v) is 4.21. The number of hydrogen-bond acceptors (Lipinski definition) is 4. The van der Waals surface area contributed by atoms with Crippen LogP contribution >= 0.6 is 15.9 Å². The maximum absolute atomic E-state index is 13.0. The van der Waals surface area contributed by atoms with E-state index in [9.17, 15) is 9.90 Å². The van der Waals surface area contributed by atoms with Crippen LogP contribution < -0.4 is 0 Å². The Balaban J connectivity index is 0.00000117. The summed E-state index contributed by atoms with van der Waals surface area (Å²) < 4.78 is 5.86. The van der Waals surface area contributed by atoms with Gasteiger partial charge in [0, 0.05) is 6.54 Å². The van der Waals surface area contributed by atoms with E-state index < -0.39 is 11.5 Å². The third-order valence-corrected chi connectivity index (χ3v) is 5.49. The summed E-state index contributed by atoms with van der Waals surface area (Å²) in [5, 5.41) is 11.2. The Hall–Kier alpha value is -0.910. The van der Waals surface area contributed by atoms with E-state index in [-0.39, 0.29) is 12.1 Å². The maximum atomic E-state index is 13.0. The fourth-order valence-electron chi connectivity index (χ4n) is 4.21. The summed E-state index contributed by atoms with van der Waals surface area (Å²) >= 11 is 2.94. The Morgan fingerprint density at radius 1 is 1.19 bits per heavy atom. The third kappa shape index (κ3) is 5.54. The van der Waals surface area contributed by atoms with Gasteiger partial charge in [0.25, 0.3) is 0 Å². The number of piperidine rings is 1. The second-order valence-corrected chi connectivity index (χ2v) is 7.47. The Bertz CT molecular complexity index is 545. The van der Waals surface area contributed by atoms with Crippen molar-refractivity contribution < 1.29 is 14.6 Å². The smallest absolute Gasteiger partial charge is 0.316 e. The summed E-state index contributed by atoms with van der Waals surface area (Å²) in [5.41, 5.74) is -0.104. The Kier molecular flexibility index (Phi) is 8.58. The Morgan fingerprint density at radius 3 is 2.46 bits per heavy atom. The van der Waals surface area contributed by atoms with Gasteiger partial charge in [-0.05, 0) is 50.7 Å². The Morgan fingerprint density at radius 2 is 1.85 bits per heavy atom. The van der Waals surface area contributed by atoms with Crippen molar-refractivity contribution in [3.05, 3.63) is 35.9 Å². The molecule has 1 saturated heterocycles. The molecular formula is C21H32BrNO3. The van der Waals surface area contributed by atoms with E-state index in [0.717, 1.165) is 50.8 Å². The zero-order valence-corrected chi connectivity index (χ0v) is 17.6. The predicted octanol–water partition coefficient (Wildman–Crippen LogP) is 4.11. The molecule has 0 radical (unpaired) electrons.